The fraction of sp³-hybridized carbons (Fsp3) is 0.400. The first-order chi connectivity index (χ1) is 14.9. The number of ether oxygens (including phenoxy) is 1. The van der Waals surface area contributed by atoms with E-state index < -0.39 is 12.0 Å². The first kappa shape index (κ1) is 24.1. The van der Waals surface area contributed by atoms with Crippen LogP contribution in [0.2, 0.25) is 0 Å². The molecule has 2 aromatic rings. The van der Waals surface area contributed by atoms with Crippen molar-refractivity contribution in [3.8, 4) is 0 Å². The molecule has 0 fully saturated rings. The summed E-state index contributed by atoms with van der Waals surface area (Å²) in [4.78, 5) is 37.8. The third-order valence-corrected chi connectivity index (χ3v) is 4.76. The highest BCUT2D eigenvalue weighted by Crippen LogP contribution is 2.15. The number of benzene rings is 2. The minimum absolute atomic E-state index is 0.121. The molecule has 0 radical (unpaired) electrons. The molecule has 2 amide bonds. The average Bonchev–Trinajstić information content (AvgIpc) is 2.75. The van der Waals surface area contributed by atoms with Crippen molar-refractivity contribution in [2.45, 2.75) is 39.7 Å². The lowest BCUT2D eigenvalue weighted by Crippen LogP contribution is -2.43. The maximum atomic E-state index is 13.0. The van der Waals surface area contributed by atoms with Gasteiger partial charge in [0.2, 0.25) is 11.8 Å². The number of hydrogen-bond acceptors (Lipinski definition) is 4. The SMILES string of the molecule is CCOC(=O)C(CNC(=O)C(NC(=O)CC(C)C)c1ccccc1)Cc1ccccc1. The van der Waals surface area contributed by atoms with Crippen molar-refractivity contribution in [3.05, 3.63) is 71.8 Å². The zero-order valence-electron chi connectivity index (χ0n) is 18.5. The van der Waals surface area contributed by atoms with E-state index in [1.807, 2.05) is 62.4 Å². The fourth-order valence-corrected chi connectivity index (χ4v) is 3.26. The summed E-state index contributed by atoms with van der Waals surface area (Å²) < 4.78 is 5.20. The number of esters is 1. The second-order valence-corrected chi connectivity index (χ2v) is 7.89. The van der Waals surface area contributed by atoms with Crippen LogP contribution < -0.4 is 10.6 Å². The first-order valence-corrected chi connectivity index (χ1v) is 10.7. The zero-order chi connectivity index (χ0) is 22.6. The van der Waals surface area contributed by atoms with Crippen LogP contribution in [0, 0.1) is 11.8 Å². The lowest BCUT2D eigenvalue weighted by molar-refractivity contribution is -0.148. The van der Waals surface area contributed by atoms with Gasteiger partial charge in [0.1, 0.15) is 6.04 Å². The van der Waals surface area contributed by atoms with Gasteiger partial charge in [0.05, 0.1) is 12.5 Å². The van der Waals surface area contributed by atoms with E-state index in [-0.39, 0.29) is 36.9 Å². The fourth-order valence-electron chi connectivity index (χ4n) is 3.26. The van der Waals surface area contributed by atoms with Gasteiger partial charge in [-0.3, -0.25) is 14.4 Å². The third kappa shape index (κ3) is 8.24. The Balaban J connectivity index is 2.11. The van der Waals surface area contributed by atoms with Crippen molar-refractivity contribution >= 4 is 17.8 Å². The molecule has 0 aliphatic rings. The Morgan fingerprint density at radius 3 is 2.13 bits per heavy atom. The lowest BCUT2D eigenvalue weighted by Gasteiger charge is -2.22. The Morgan fingerprint density at radius 1 is 0.935 bits per heavy atom. The van der Waals surface area contributed by atoms with Crippen molar-refractivity contribution in [2.75, 3.05) is 13.2 Å². The van der Waals surface area contributed by atoms with Gasteiger partial charge < -0.3 is 15.4 Å². The lowest BCUT2D eigenvalue weighted by atomic mass is 9.98. The monoisotopic (exact) mass is 424 g/mol. The zero-order valence-corrected chi connectivity index (χ0v) is 18.5. The molecule has 2 N–H and O–H groups in total. The highest BCUT2D eigenvalue weighted by Gasteiger charge is 2.26. The van der Waals surface area contributed by atoms with E-state index in [9.17, 15) is 14.4 Å². The average molecular weight is 425 g/mol. The highest BCUT2D eigenvalue weighted by atomic mass is 16.5. The van der Waals surface area contributed by atoms with Crippen LogP contribution in [0.4, 0.5) is 0 Å². The maximum Gasteiger partial charge on any atom is 0.311 e. The standard InChI is InChI=1S/C25H32N2O4/c1-4-31-25(30)21(16-19-11-7-5-8-12-19)17-26-24(29)23(20-13-9-6-10-14-20)27-22(28)15-18(2)3/h5-14,18,21,23H,4,15-17H2,1-3H3,(H,26,29)(H,27,28). The van der Waals surface area contributed by atoms with E-state index in [2.05, 4.69) is 10.6 Å². The molecule has 0 saturated carbocycles. The van der Waals surface area contributed by atoms with E-state index in [0.717, 1.165) is 5.56 Å². The second-order valence-electron chi connectivity index (χ2n) is 7.89. The van der Waals surface area contributed by atoms with Gasteiger partial charge >= 0.3 is 5.97 Å². The quantitative estimate of drug-likeness (QED) is 0.541. The van der Waals surface area contributed by atoms with E-state index in [1.54, 1.807) is 19.1 Å². The molecule has 2 aromatic carbocycles. The summed E-state index contributed by atoms with van der Waals surface area (Å²) in [6.45, 7) is 6.05. The normalized spacial score (nSPS) is 12.6. The van der Waals surface area contributed by atoms with E-state index in [1.165, 1.54) is 0 Å². The number of carbonyl (C=O) groups excluding carboxylic acids is 3. The number of carbonyl (C=O) groups is 3. The Morgan fingerprint density at radius 2 is 1.55 bits per heavy atom. The molecule has 0 aliphatic heterocycles. The number of rotatable bonds is 11. The largest absolute Gasteiger partial charge is 0.466 e. The van der Waals surface area contributed by atoms with E-state index in [4.69, 9.17) is 4.74 Å². The van der Waals surface area contributed by atoms with Crippen LogP contribution in [-0.4, -0.2) is 30.9 Å². The molecule has 0 heterocycles. The molecule has 2 unspecified atom stereocenters. The molecule has 2 atom stereocenters. The number of nitrogens with one attached hydrogen (secondary N) is 2. The van der Waals surface area contributed by atoms with Gasteiger partial charge in [0.25, 0.3) is 0 Å². The van der Waals surface area contributed by atoms with Crippen LogP contribution in [0.1, 0.15) is 44.4 Å². The molecule has 0 saturated heterocycles. The molecule has 6 nitrogen and oxygen atoms in total. The van der Waals surface area contributed by atoms with Crippen molar-refractivity contribution in [2.24, 2.45) is 11.8 Å². The van der Waals surface area contributed by atoms with Crippen molar-refractivity contribution in [1.82, 2.24) is 10.6 Å². The molecule has 31 heavy (non-hydrogen) atoms. The van der Waals surface area contributed by atoms with E-state index >= 15 is 0 Å². The van der Waals surface area contributed by atoms with Crippen LogP contribution in [0.15, 0.2) is 60.7 Å². The molecule has 0 aliphatic carbocycles. The molecular weight excluding hydrogens is 392 g/mol. The Kier molecular flexibility index (Phi) is 9.75. The predicted molar refractivity (Wildman–Crippen MR) is 120 cm³/mol. The highest BCUT2D eigenvalue weighted by molar-refractivity contribution is 5.89. The molecule has 6 heteroatoms. The van der Waals surface area contributed by atoms with Gasteiger partial charge in [-0.25, -0.2) is 0 Å². The van der Waals surface area contributed by atoms with Gasteiger partial charge in [-0.1, -0.05) is 74.5 Å². The van der Waals surface area contributed by atoms with Crippen LogP contribution in [0.5, 0.6) is 0 Å². The Bertz CT molecular complexity index is 837. The van der Waals surface area contributed by atoms with Crippen LogP contribution in [0.25, 0.3) is 0 Å². The summed E-state index contributed by atoms with van der Waals surface area (Å²) in [6.07, 6.45) is 0.783. The Hall–Kier alpha value is -3.15. The Labute approximate surface area is 184 Å². The minimum atomic E-state index is -0.827. The molecule has 0 aromatic heterocycles. The summed E-state index contributed by atoms with van der Waals surface area (Å²) >= 11 is 0. The van der Waals surface area contributed by atoms with Gasteiger partial charge in [0, 0.05) is 13.0 Å². The maximum absolute atomic E-state index is 13.0. The summed E-state index contributed by atoms with van der Waals surface area (Å²) in [5, 5.41) is 5.67. The summed E-state index contributed by atoms with van der Waals surface area (Å²) in [7, 11) is 0. The summed E-state index contributed by atoms with van der Waals surface area (Å²) in [5.41, 5.74) is 1.67. The number of amides is 2. The molecule has 2 rings (SSSR count). The first-order valence-electron chi connectivity index (χ1n) is 10.7. The third-order valence-electron chi connectivity index (χ3n) is 4.76. The molecule has 0 spiro atoms. The minimum Gasteiger partial charge on any atom is -0.466 e. The van der Waals surface area contributed by atoms with Crippen LogP contribution in [-0.2, 0) is 25.5 Å². The molecule has 0 bridgehead atoms. The number of hydrogen-bond donors (Lipinski definition) is 2. The topological polar surface area (TPSA) is 84.5 Å². The summed E-state index contributed by atoms with van der Waals surface area (Å²) in [5.74, 6) is -1.24. The predicted octanol–water partition coefficient (Wildman–Crippen LogP) is 3.43. The summed E-state index contributed by atoms with van der Waals surface area (Å²) in [6, 6.07) is 17.9. The smallest absolute Gasteiger partial charge is 0.311 e. The van der Waals surface area contributed by atoms with Gasteiger partial charge in [-0.05, 0) is 30.4 Å². The van der Waals surface area contributed by atoms with Crippen molar-refractivity contribution < 1.29 is 19.1 Å². The van der Waals surface area contributed by atoms with Crippen LogP contribution >= 0.6 is 0 Å². The van der Waals surface area contributed by atoms with Gasteiger partial charge in [-0.15, -0.1) is 0 Å². The van der Waals surface area contributed by atoms with Crippen molar-refractivity contribution in [1.29, 1.82) is 0 Å². The van der Waals surface area contributed by atoms with Gasteiger partial charge in [0.15, 0.2) is 0 Å². The molecular formula is C25H32N2O4. The second kappa shape index (κ2) is 12.5. The molecule has 166 valence electrons. The van der Waals surface area contributed by atoms with E-state index in [0.29, 0.717) is 18.4 Å². The van der Waals surface area contributed by atoms with Crippen LogP contribution in [0.3, 0.4) is 0 Å². The van der Waals surface area contributed by atoms with Gasteiger partial charge in [-0.2, -0.15) is 0 Å². The van der Waals surface area contributed by atoms with Crippen molar-refractivity contribution in [3.63, 3.8) is 0 Å².